The summed E-state index contributed by atoms with van der Waals surface area (Å²) < 4.78 is 27.7. The Bertz CT molecular complexity index is 644. The van der Waals surface area contributed by atoms with E-state index in [1.807, 2.05) is 12.3 Å². The first-order valence-corrected chi connectivity index (χ1v) is 8.72. The molecule has 2 aromatic heterocycles. The summed E-state index contributed by atoms with van der Waals surface area (Å²) in [5, 5.41) is 2.56. The summed E-state index contributed by atoms with van der Waals surface area (Å²) in [6.45, 7) is 1.90. The van der Waals surface area contributed by atoms with Gasteiger partial charge in [0.05, 0.1) is 10.5 Å². The highest BCUT2D eigenvalue weighted by atomic mass is 79.9. The number of pyridine rings is 1. The predicted molar refractivity (Wildman–Crippen MR) is 77.4 cm³/mol. The Kier molecular flexibility index (Phi) is 4.67. The van der Waals surface area contributed by atoms with E-state index in [2.05, 4.69) is 30.6 Å². The number of nitrogens with zero attached hydrogens (tertiary/aromatic N) is 2. The van der Waals surface area contributed by atoms with Crippen LogP contribution in [0.25, 0.3) is 0 Å². The van der Waals surface area contributed by atoms with Crippen molar-refractivity contribution in [3.8, 4) is 0 Å². The van der Waals surface area contributed by atoms with Crippen molar-refractivity contribution < 1.29 is 8.42 Å². The van der Waals surface area contributed by atoms with Crippen LogP contribution >= 0.6 is 27.3 Å². The van der Waals surface area contributed by atoms with Gasteiger partial charge in [-0.1, -0.05) is 6.92 Å². The van der Waals surface area contributed by atoms with E-state index >= 15 is 0 Å². The molecule has 5 nitrogen and oxygen atoms in total. The molecule has 1 unspecified atom stereocenters. The van der Waals surface area contributed by atoms with Crippen LogP contribution in [0.5, 0.6) is 0 Å². The highest BCUT2D eigenvalue weighted by molar-refractivity contribution is 9.10. The number of hydrogen-bond acceptors (Lipinski definition) is 5. The molecule has 0 radical (unpaired) electrons. The van der Waals surface area contributed by atoms with Crippen LogP contribution in [0.1, 0.15) is 24.4 Å². The van der Waals surface area contributed by atoms with Gasteiger partial charge in [0.1, 0.15) is 5.01 Å². The second-order valence-electron chi connectivity index (χ2n) is 3.74. The molecule has 0 bridgehead atoms. The van der Waals surface area contributed by atoms with Crippen molar-refractivity contribution in [2.45, 2.75) is 24.4 Å². The van der Waals surface area contributed by atoms with Crippen LogP contribution < -0.4 is 4.72 Å². The molecule has 0 aromatic carbocycles. The fraction of sp³-hybridized carbons (Fsp3) is 0.273. The number of sulfonamides is 1. The van der Waals surface area contributed by atoms with E-state index in [1.165, 1.54) is 17.5 Å². The summed E-state index contributed by atoms with van der Waals surface area (Å²) in [6, 6.07) is 2.98. The molecule has 102 valence electrons. The standard InChI is InChI=1S/C11H12BrN3O2S2/c1-2-9(10-13-6-7-18-10)15-19(16,17)11-8(12)4-3-5-14-11/h3-7,9,15H,2H2,1H3. The van der Waals surface area contributed by atoms with Gasteiger partial charge in [0.15, 0.2) is 5.03 Å². The zero-order chi connectivity index (χ0) is 13.9. The van der Waals surface area contributed by atoms with E-state index < -0.39 is 10.0 Å². The van der Waals surface area contributed by atoms with Crippen LogP contribution in [0.4, 0.5) is 0 Å². The lowest BCUT2D eigenvalue weighted by Crippen LogP contribution is -2.29. The second-order valence-corrected chi connectivity index (χ2v) is 7.15. The Morgan fingerprint density at radius 1 is 1.42 bits per heavy atom. The monoisotopic (exact) mass is 361 g/mol. The van der Waals surface area contributed by atoms with Gasteiger partial charge in [-0.2, -0.15) is 4.72 Å². The Morgan fingerprint density at radius 3 is 2.79 bits per heavy atom. The van der Waals surface area contributed by atoms with Crippen molar-refractivity contribution in [1.29, 1.82) is 0 Å². The van der Waals surface area contributed by atoms with Crippen molar-refractivity contribution in [2.75, 3.05) is 0 Å². The van der Waals surface area contributed by atoms with Crippen molar-refractivity contribution in [2.24, 2.45) is 0 Å². The molecular formula is C11H12BrN3O2S2. The molecule has 0 saturated heterocycles. The van der Waals surface area contributed by atoms with Gasteiger partial charge < -0.3 is 0 Å². The number of rotatable bonds is 5. The van der Waals surface area contributed by atoms with Gasteiger partial charge in [-0.05, 0) is 34.5 Å². The topological polar surface area (TPSA) is 72.0 Å². The van der Waals surface area contributed by atoms with Crippen LogP contribution in [-0.2, 0) is 10.0 Å². The van der Waals surface area contributed by atoms with E-state index in [0.717, 1.165) is 5.01 Å². The maximum absolute atomic E-state index is 12.3. The summed E-state index contributed by atoms with van der Waals surface area (Å²) in [6.07, 6.45) is 3.73. The van der Waals surface area contributed by atoms with E-state index in [1.54, 1.807) is 18.3 Å². The highest BCUT2D eigenvalue weighted by Gasteiger charge is 2.24. The number of halogens is 1. The molecule has 0 saturated carbocycles. The molecule has 1 N–H and O–H groups in total. The minimum atomic E-state index is -3.67. The third-order valence-corrected chi connectivity index (χ3v) is 5.66. The average Bonchev–Trinajstić information content (AvgIpc) is 2.90. The minimum absolute atomic E-state index is 0.00925. The van der Waals surface area contributed by atoms with E-state index in [9.17, 15) is 8.42 Å². The van der Waals surface area contributed by atoms with Crippen molar-refractivity contribution >= 4 is 37.3 Å². The maximum atomic E-state index is 12.3. The highest BCUT2D eigenvalue weighted by Crippen LogP contribution is 2.24. The Balaban J connectivity index is 2.29. The Morgan fingerprint density at radius 2 is 2.21 bits per heavy atom. The van der Waals surface area contributed by atoms with Gasteiger partial charge in [-0.3, -0.25) is 0 Å². The first-order chi connectivity index (χ1) is 9.04. The molecule has 0 aliphatic rings. The van der Waals surface area contributed by atoms with Crippen molar-refractivity contribution in [3.63, 3.8) is 0 Å². The first-order valence-electron chi connectivity index (χ1n) is 5.57. The Labute approximate surface area is 124 Å². The lowest BCUT2D eigenvalue weighted by Gasteiger charge is -2.14. The third-order valence-electron chi connectivity index (χ3n) is 2.43. The van der Waals surface area contributed by atoms with Crippen LogP contribution in [0, 0.1) is 0 Å². The van der Waals surface area contributed by atoms with E-state index in [-0.39, 0.29) is 11.1 Å². The SMILES string of the molecule is CCC(NS(=O)(=O)c1ncccc1Br)c1nccs1. The number of thiazole rings is 1. The normalized spacial score (nSPS) is 13.4. The molecule has 1 atom stereocenters. The van der Waals surface area contributed by atoms with E-state index in [0.29, 0.717) is 10.9 Å². The minimum Gasteiger partial charge on any atom is -0.248 e. The summed E-state index contributed by atoms with van der Waals surface area (Å²) in [5.41, 5.74) is 0. The summed E-state index contributed by atoms with van der Waals surface area (Å²) >= 11 is 4.62. The summed E-state index contributed by atoms with van der Waals surface area (Å²) in [4.78, 5) is 8.05. The largest absolute Gasteiger partial charge is 0.259 e. The van der Waals surface area contributed by atoms with Gasteiger partial charge in [-0.25, -0.2) is 18.4 Å². The lowest BCUT2D eigenvalue weighted by molar-refractivity contribution is 0.545. The third kappa shape index (κ3) is 3.38. The molecule has 0 fully saturated rings. The fourth-order valence-corrected chi connectivity index (χ4v) is 4.56. The molecule has 2 rings (SSSR count). The molecule has 19 heavy (non-hydrogen) atoms. The van der Waals surface area contributed by atoms with Crippen LogP contribution in [0.3, 0.4) is 0 Å². The Hall–Kier alpha value is -0.830. The van der Waals surface area contributed by atoms with Crippen LogP contribution in [0.2, 0.25) is 0 Å². The van der Waals surface area contributed by atoms with Gasteiger partial charge in [0.25, 0.3) is 10.0 Å². The molecule has 0 spiro atoms. The molecule has 2 heterocycles. The van der Waals surface area contributed by atoms with Gasteiger partial charge in [0.2, 0.25) is 0 Å². The lowest BCUT2D eigenvalue weighted by atomic mass is 10.3. The smallest absolute Gasteiger partial charge is 0.248 e. The number of hydrogen-bond donors (Lipinski definition) is 1. The maximum Gasteiger partial charge on any atom is 0.259 e. The first kappa shape index (κ1) is 14.6. The molecule has 0 amide bonds. The summed E-state index contributed by atoms with van der Waals surface area (Å²) in [7, 11) is -3.67. The zero-order valence-corrected chi connectivity index (χ0v) is 13.3. The predicted octanol–water partition coefficient (Wildman–Crippen LogP) is 2.73. The van der Waals surface area contributed by atoms with Crippen LogP contribution in [0.15, 0.2) is 39.4 Å². The van der Waals surface area contributed by atoms with Gasteiger partial charge >= 0.3 is 0 Å². The number of aromatic nitrogens is 2. The average molecular weight is 362 g/mol. The molecular weight excluding hydrogens is 350 g/mol. The van der Waals surface area contributed by atoms with Crippen molar-refractivity contribution in [3.05, 3.63) is 39.4 Å². The molecule has 0 aliphatic heterocycles. The van der Waals surface area contributed by atoms with Gasteiger partial charge in [0, 0.05) is 17.8 Å². The number of nitrogens with one attached hydrogen (secondary N) is 1. The quantitative estimate of drug-likeness (QED) is 0.888. The zero-order valence-electron chi connectivity index (χ0n) is 10.1. The van der Waals surface area contributed by atoms with Gasteiger partial charge in [-0.15, -0.1) is 11.3 Å². The molecule has 0 aliphatic carbocycles. The molecule has 8 heteroatoms. The van der Waals surface area contributed by atoms with Crippen molar-refractivity contribution in [1.82, 2.24) is 14.7 Å². The summed E-state index contributed by atoms with van der Waals surface area (Å²) in [5.74, 6) is 0. The van der Waals surface area contributed by atoms with Crippen LogP contribution in [-0.4, -0.2) is 18.4 Å². The van der Waals surface area contributed by atoms with E-state index in [4.69, 9.17) is 0 Å². The fourth-order valence-electron chi connectivity index (χ4n) is 1.53. The molecule has 2 aromatic rings. The second kappa shape index (κ2) is 6.08.